The molecule has 2 amide bonds. The van der Waals surface area contributed by atoms with Gasteiger partial charge in [-0.2, -0.15) is 13.2 Å². The van der Waals surface area contributed by atoms with Gasteiger partial charge in [0.05, 0.1) is 21.2 Å². The highest BCUT2D eigenvalue weighted by molar-refractivity contribution is 7.92. The van der Waals surface area contributed by atoms with Crippen LogP contribution in [0.5, 0.6) is 0 Å². The number of nitrogens with zero attached hydrogens (tertiary/aromatic N) is 2. The summed E-state index contributed by atoms with van der Waals surface area (Å²) in [7, 11) is -3.30. The molecule has 0 fully saturated rings. The molecule has 1 atom stereocenters. The summed E-state index contributed by atoms with van der Waals surface area (Å²) in [6.07, 6.45) is -4.83. The molecule has 0 bridgehead atoms. The first kappa shape index (κ1) is 33.5. The van der Waals surface area contributed by atoms with E-state index in [0.717, 1.165) is 11.0 Å². The molecule has 0 aliphatic heterocycles. The number of sulfonamides is 1. The Balaban J connectivity index is 1.85. The van der Waals surface area contributed by atoms with Crippen LogP contribution >= 0.6 is 11.6 Å². The molecule has 1 unspecified atom stereocenters. The minimum Gasteiger partial charge on any atom is -0.357 e. The highest BCUT2D eigenvalue weighted by Gasteiger charge is 2.37. The summed E-state index contributed by atoms with van der Waals surface area (Å²) in [5.74, 6) is -2.04. The monoisotopic (exact) mass is 661 g/mol. The molecular weight excluding hydrogens is 634 g/mol. The van der Waals surface area contributed by atoms with Gasteiger partial charge in [0, 0.05) is 20.0 Å². The number of hydrogen-bond donors (Lipinski definition) is 1. The molecule has 0 aliphatic carbocycles. The van der Waals surface area contributed by atoms with E-state index in [2.05, 4.69) is 5.32 Å². The van der Waals surface area contributed by atoms with Gasteiger partial charge in [-0.15, -0.1) is 0 Å². The van der Waals surface area contributed by atoms with E-state index in [1.807, 2.05) is 0 Å². The fraction of sp³-hybridized carbons (Fsp3) is 0.188. The van der Waals surface area contributed by atoms with Crippen molar-refractivity contribution in [2.24, 2.45) is 0 Å². The van der Waals surface area contributed by atoms with Gasteiger partial charge in [0.25, 0.3) is 10.0 Å². The predicted molar refractivity (Wildman–Crippen MR) is 162 cm³/mol. The number of alkyl halides is 3. The smallest absolute Gasteiger partial charge is 0.357 e. The molecule has 45 heavy (non-hydrogen) atoms. The molecular formula is C32H28ClF4N3O4S. The lowest BCUT2D eigenvalue weighted by atomic mass is 10.0. The zero-order chi connectivity index (χ0) is 32.8. The minimum absolute atomic E-state index is 0.0171. The largest absolute Gasteiger partial charge is 0.416 e. The number of benzene rings is 4. The molecule has 1 N–H and O–H groups in total. The molecule has 7 nitrogen and oxygen atoms in total. The van der Waals surface area contributed by atoms with Crippen molar-refractivity contribution in [1.82, 2.24) is 10.2 Å². The highest BCUT2D eigenvalue weighted by Crippen LogP contribution is 2.37. The van der Waals surface area contributed by atoms with Gasteiger partial charge in [0.1, 0.15) is 18.4 Å². The Morgan fingerprint density at radius 2 is 1.47 bits per heavy atom. The molecule has 0 radical (unpaired) electrons. The Morgan fingerprint density at radius 1 is 0.867 bits per heavy atom. The molecule has 13 heteroatoms. The number of hydrogen-bond acceptors (Lipinski definition) is 4. The molecule has 0 saturated carbocycles. The second-order valence-electron chi connectivity index (χ2n) is 9.96. The van der Waals surface area contributed by atoms with Gasteiger partial charge in [-0.3, -0.25) is 13.9 Å². The van der Waals surface area contributed by atoms with Gasteiger partial charge in [0.15, 0.2) is 0 Å². The van der Waals surface area contributed by atoms with Gasteiger partial charge in [-0.25, -0.2) is 12.8 Å². The fourth-order valence-corrected chi connectivity index (χ4v) is 6.34. The van der Waals surface area contributed by atoms with Gasteiger partial charge in [0.2, 0.25) is 11.8 Å². The van der Waals surface area contributed by atoms with Crippen LogP contribution in [0.2, 0.25) is 5.02 Å². The van der Waals surface area contributed by atoms with E-state index in [-0.39, 0.29) is 22.9 Å². The molecule has 4 aromatic rings. The van der Waals surface area contributed by atoms with Crippen LogP contribution in [-0.2, 0) is 38.8 Å². The van der Waals surface area contributed by atoms with Crippen molar-refractivity contribution in [3.8, 4) is 0 Å². The van der Waals surface area contributed by atoms with Crippen LogP contribution < -0.4 is 9.62 Å². The number of anilines is 1. The summed E-state index contributed by atoms with van der Waals surface area (Å²) in [4.78, 5) is 28.3. The number of likely N-dealkylation sites (N-methyl/N-ethyl adjacent to an activating group) is 1. The Bertz CT molecular complexity index is 1740. The van der Waals surface area contributed by atoms with E-state index in [0.29, 0.717) is 27.6 Å². The summed E-state index contributed by atoms with van der Waals surface area (Å²) < 4.78 is 83.3. The van der Waals surface area contributed by atoms with Crippen LogP contribution in [0.3, 0.4) is 0 Å². The van der Waals surface area contributed by atoms with Crippen LogP contribution in [0.15, 0.2) is 108 Å². The van der Waals surface area contributed by atoms with Crippen molar-refractivity contribution in [3.63, 3.8) is 0 Å². The fourth-order valence-electron chi connectivity index (χ4n) is 4.62. The normalized spacial score (nSPS) is 12.3. The van der Waals surface area contributed by atoms with Gasteiger partial charge >= 0.3 is 6.18 Å². The van der Waals surface area contributed by atoms with E-state index < -0.39 is 57.7 Å². The summed E-state index contributed by atoms with van der Waals surface area (Å²) in [5.41, 5.74) is -0.665. The topological polar surface area (TPSA) is 86.8 Å². The Labute approximate surface area is 263 Å². The van der Waals surface area contributed by atoms with Crippen LogP contribution in [-0.4, -0.2) is 44.8 Å². The average Bonchev–Trinajstić information content (AvgIpc) is 3.02. The number of halogens is 5. The van der Waals surface area contributed by atoms with Crippen molar-refractivity contribution in [2.45, 2.75) is 30.1 Å². The van der Waals surface area contributed by atoms with E-state index >= 15 is 0 Å². The van der Waals surface area contributed by atoms with Crippen molar-refractivity contribution in [2.75, 3.05) is 17.9 Å². The van der Waals surface area contributed by atoms with Crippen molar-refractivity contribution in [3.05, 3.63) is 131 Å². The summed E-state index contributed by atoms with van der Waals surface area (Å²) in [5, 5.41) is 2.16. The number of rotatable bonds is 11. The molecule has 0 aromatic heterocycles. The molecule has 0 aliphatic rings. The van der Waals surface area contributed by atoms with Crippen LogP contribution in [0.1, 0.15) is 16.7 Å². The maximum Gasteiger partial charge on any atom is 0.416 e. The van der Waals surface area contributed by atoms with Crippen LogP contribution in [0.25, 0.3) is 0 Å². The minimum atomic E-state index is -4.85. The number of carbonyl (C=O) groups is 2. The molecule has 0 heterocycles. The first-order valence-corrected chi connectivity index (χ1v) is 15.4. The van der Waals surface area contributed by atoms with Crippen molar-refractivity contribution in [1.29, 1.82) is 0 Å². The van der Waals surface area contributed by atoms with Gasteiger partial charge < -0.3 is 10.2 Å². The summed E-state index contributed by atoms with van der Waals surface area (Å²) >= 11 is 6.29. The first-order chi connectivity index (χ1) is 21.3. The number of amides is 2. The summed E-state index contributed by atoms with van der Waals surface area (Å²) in [6, 6.07) is 21.7. The van der Waals surface area contributed by atoms with Crippen LogP contribution in [0.4, 0.5) is 23.2 Å². The lowest BCUT2D eigenvalue weighted by molar-refractivity contribution is -0.139. The standard InChI is InChI=1S/C32H28ClF4N3O4S/c1-38-31(42)29(18-22-8-4-2-5-9-22)39(20-23-12-15-25(34)16-13-23)30(41)21-40(45(43,44)26-10-6-3-7-11-26)28-19-24(32(35,36)37)14-17-27(28)33/h2-17,19,29H,18,20-21H2,1H3,(H,38,42). The zero-order valence-corrected chi connectivity index (χ0v) is 25.4. The van der Waals surface area contributed by atoms with Gasteiger partial charge in [-0.1, -0.05) is 72.3 Å². The lowest BCUT2D eigenvalue weighted by Gasteiger charge is -2.34. The molecule has 0 saturated heterocycles. The molecule has 4 aromatic carbocycles. The quantitative estimate of drug-likeness (QED) is 0.198. The third-order valence-electron chi connectivity index (χ3n) is 6.94. The zero-order valence-electron chi connectivity index (χ0n) is 23.8. The Kier molecular flexibility index (Phi) is 10.5. The highest BCUT2D eigenvalue weighted by atomic mass is 35.5. The maximum absolute atomic E-state index is 14.2. The van der Waals surface area contributed by atoms with E-state index in [1.165, 1.54) is 55.6 Å². The third kappa shape index (κ3) is 8.20. The molecule has 236 valence electrons. The van der Waals surface area contributed by atoms with Crippen molar-refractivity contribution < 1.29 is 35.6 Å². The number of carbonyl (C=O) groups excluding carboxylic acids is 2. The second-order valence-corrected chi connectivity index (χ2v) is 12.2. The molecule has 4 rings (SSSR count). The lowest BCUT2D eigenvalue weighted by Crippen LogP contribution is -2.53. The second kappa shape index (κ2) is 14.1. The van der Waals surface area contributed by atoms with Gasteiger partial charge in [-0.05, 0) is 53.6 Å². The molecule has 0 spiro atoms. The van der Waals surface area contributed by atoms with E-state index in [4.69, 9.17) is 11.6 Å². The summed E-state index contributed by atoms with van der Waals surface area (Å²) in [6.45, 7) is -1.26. The SMILES string of the molecule is CNC(=O)C(Cc1ccccc1)N(Cc1ccc(F)cc1)C(=O)CN(c1cc(C(F)(F)F)ccc1Cl)S(=O)(=O)c1ccccc1. The number of nitrogens with one attached hydrogen (secondary N) is 1. The average molecular weight is 662 g/mol. The maximum atomic E-state index is 14.2. The van der Waals surface area contributed by atoms with Crippen LogP contribution in [0, 0.1) is 5.82 Å². The first-order valence-electron chi connectivity index (χ1n) is 13.5. The van der Waals surface area contributed by atoms with E-state index in [9.17, 15) is 35.6 Å². The van der Waals surface area contributed by atoms with E-state index in [1.54, 1.807) is 36.4 Å². The van der Waals surface area contributed by atoms with Crippen molar-refractivity contribution >= 4 is 39.1 Å². The predicted octanol–water partition coefficient (Wildman–Crippen LogP) is 6.08. The Morgan fingerprint density at radius 3 is 2.04 bits per heavy atom. The third-order valence-corrected chi connectivity index (χ3v) is 9.03. The Hall–Kier alpha value is -4.42.